The summed E-state index contributed by atoms with van der Waals surface area (Å²) < 4.78 is 11.3. The lowest BCUT2D eigenvalue weighted by Gasteiger charge is -2.30. The summed E-state index contributed by atoms with van der Waals surface area (Å²) in [7, 11) is 5.83. The van der Waals surface area contributed by atoms with E-state index < -0.39 is 6.10 Å². The van der Waals surface area contributed by atoms with Gasteiger partial charge in [-0.2, -0.15) is 0 Å². The molecule has 2 rings (SSSR count). The topological polar surface area (TPSA) is 77.4 Å². The number of aliphatic hydroxyl groups excluding tert-OH is 2. The third-order valence-electron chi connectivity index (χ3n) is 5.36. The largest absolute Gasteiger partial charge is 0.493 e. The highest BCUT2D eigenvalue weighted by molar-refractivity contribution is 5.43. The molecule has 172 valence electrons. The maximum absolute atomic E-state index is 10.3. The van der Waals surface area contributed by atoms with E-state index in [4.69, 9.17) is 9.47 Å². The van der Waals surface area contributed by atoms with Gasteiger partial charge >= 0.3 is 0 Å². The molecule has 1 aromatic carbocycles. The number of methoxy groups -OCH3 is 1. The Hall–Kier alpha value is -1.38. The second-order valence-electron chi connectivity index (χ2n) is 9.49. The summed E-state index contributed by atoms with van der Waals surface area (Å²) in [6, 6.07) is 5.92. The Morgan fingerprint density at radius 1 is 1.23 bits per heavy atom. The van der Waals surface area contributed by atoms with E-state index in [9.17, 15) is 10.2 Å². The van der Waals surface area contributed by atoms with Crippen LogP contribution >= 0.6 is 0 Å². The van der Waals surface area contributed by atoms with E-state index in [1.807, 2.05) is 18.2 Å². The van der Waals surface area contributed by atoms with Gasteiger partial charge in [-0.3, -0.25) is 0 Å². The summed E-state index contributed by atoms with van der Waals surface area (Å²) in [5.41, 5.74) is 1.33. The Bertz CT molecular complexity index is 631. The van der Waals surface area contributed by atoms with Crippen LogP contribution in [-0.4, -0.2) is 92.8 Å². The first kappa shape index (κ1) is 24.9. The van der Waals surface area contributed by atoms with Crippen molar-refractivity contribution in [2.45, 2.75) is 45.4 Å². The predicted octanol–water partition coefficient (Wildman–Crippen LogP) is 1.57. The molecule has 1 fully saturated rings. The number of nitrogens with zero attached hydrogens (tertiary/aromatic N) is 2. The molecule has 1 atom stereocenters. The number of aliphatic hydroxyl groups is 2. The summed E-state index contributed by atoms with van der Waals surface area (Å²) in [6.45, 7) is 9.62. The second kappa shape index (κ2) is 11.9. The Kier molecular flexibility index (Phi) is 9.84. The van der Waals surface area contributed by atoms with Crippen LogP contribution in [0.3, 0.4) is 0 Å². The summed E-state index contributed by atoms with van der Waals surface area (Å²) >= 11 is 0. The van der Waals surface area contributed by atoms with Crippen LogP contribution in [0.15, 0.2) is 18.2 Å². The molecule has 1 saturated heterocycles. The van der Waals surface area contributed by atoms with Crippen molar-refractivity contribution in [3.05, 3.63) is 23.8 Å². The monoisotopic (exact) mass is 423 g/mol. The number of likely N-dealkylation sites (tertiary alicyclic amines) is 1. The molecule has 1 aliphatic heterocycles. The van der Waals surface area contributed by atoms with Crippen LogP contribution in [0.25, 0.3) is 0 Å². The maximum Gasteiger partial charge on any atom is 0.161 e. The fourth-order valence-corrected chi connectivity index (χ4v) is 4.04. The van der Waals surface area contributed by atoms with Crippen LogP contribution in [0.2, 0.25) is 0 Å². The molecule has 1 aliphatic rings. The zero-order chi connectivity index (χ0) is 22.1. The summed E-state index contributed by atoms with van der Waals surface area (Å²) in [6.07, 6.45) is 0.753. The van der Waals surface area contributed by atoms with Crippen LogP contribution in [0.1, 0.15) is 32.3 Å². The number of β-amino-alcohol motifs (C(OH)–C–C–N with tert-alkyl or cyclic N) is 1. The highest BCUT2D eigenvalue weighted by Crippen LogP contribution is 2.28. The molecule has 0 bridgehead atoms. The normalized spacial score (nSPS) is 17.3. The van der Waals surface area contributed by atoms with Gasteiger partial charge in [0.15, 0.2) is 11.5 Å². The van der Waals surface area contributed by atoms with Crippen LogP contribution in [0.4, 0.5) is 0 Å². The van der Waals surface area contributed by atoms with E-state index in [1.165, 1.54) is 0 Å². The standard InChI is InChI=1S/C23H41N3O4/c1-23(2,17-25(3)4)16-24-13-18-6-7-21(22(12-18)29-5)30-15-20(28)14-26-10-8-19(27)9-11-26/h6-7,12,19-20,24,27-28H,8-11,13-17H2,1-5H3. The SMILES string of the molecule is COc1cc(CNCC(C)(C)CN(C)C)ccc1OCC(O)CN1CCC(O)CC1. The Morgan fingerprint density at radius 2 is 1.93 bits per heavy atom. The number of ether oxygens (including phenoxy) is 2. The van der Waals surface area contributed by atoms with Crippen LogP contribution in [0.5, 0.6) is 11.5 Å². The number of rotatable bonds is 12. The molecule has 1 unspecified atom stereocenters. The zero-order valence-corrected chi connectivity index (χ0v) is 19.4. The molecule has 0 saturated carbocycles. The first-order valence-electron chi connectivity index (χ1n) is 10.9. The Labute approximate surface area is 182 Å². The molecule has 3 N–H and O–H groups in total. The van der Waals surface area contributed by atoms with Gasteiger partial charge in [-0.05, 0) is 50.0 Å². The van der Waals surface area contributed by atoms with E-state index >= 15 is 0 Å². The van der Waals surface area contributed by atoms with Crippen molar-refractivity contribution >= 4 is 0 Å². The number of nitrogens with one attached hydrogen (secondary N) is 1. The molecule has 0 spiro atoms. The lowest BCUT2D eigenvalue weighted by Crippen LogP contribution is -2.41. The summed E-state index contributed by atoms with van der Waals surface area (Å²) in [4.78, 5) is 4.38. The Morgan fingerprint density at radius 3 is 2.57 bits per heavy atom. The fraction of sp³-hybridized carbons (Fsp3) is 0.739. The minimum Gasteiger partial charge on any atom is -0.493 e. The third kappa shape index (κ3) is 8.78. The first-order chi connectivity index (χ1) is 14.2. The lowest BCUT2D eigenvalue weighted by molar-refractivity contribution is 0.0333. The lowest BCUT2D eigenvalue weighted by atomic mass is 9.93. The molecule has 1 aromatic rings. The molecule has 1 heterocycles. The molecule has 30 heavy (non-hydrogen) atoms. The molecule has 0 aliphatic carbocycles. The molecule has 0 aromatic heterocycles. The van der Waals surface area contributed by atoms with E-state index in [1.54, 1.807) is 7.11 Å². The summed E-state index contributed by atoms with van der Waals surface area (Å²) in [5.74, 6) is 1.32. The minimum absolute atomic E-state index is 0.194. The maximum atomic E-state index is 10.3. The highest BCUT2D eigenvalue weighted by atomic mass is 16.5. The van der Waals surface area contributed by atoms with E-state index in [0.717, 1.165) is 51.1 Å². The van der Waals surface area contributed by atoms with Gasteiger partial charge in [-0.1, -0.05) is 19.9 Å². The van der Waals surface area contributed by atoms with Gasteiger partial charge in [0.25, 0.3) is 0 Å². The van der Waals surface area contributed by atoms with Gasteiger partial charge in [-0.25, -0.2) is 0 Å². The van der Waals surface area contributed by atoms with Gasteiger partial charge in [0.1, 0.15) is 12.7 Å². The van der Waals surface area contributed by atoms with Crippen molar-refractivity contribution in [3.8, 4) is 11.5 Å². The van der Waals surface area contributed by atoms with Crippen molar-refractivity contribution < 1.29 is 19.7 Å². The van der Waals surface area contributed by atoms with Gasteiger partial charge in [0.05, 0.1) is 13.2 Å². The average Bonchev–Trinajstić information content (AvgIpc) is 2.67. The zero-order valence-electron chi connectivity index (χ0n) is 19.4. The van der Waals surface area contributed by atoms with E-state index in [0.29, 0.717) is 18.0 Å². The van der Waals surface area contributed by atoms with Crippen LogP contribution < -0.4 is 14.8 Å². The molecular formula is C23H41N3O4. The molecular weight excluding hydrogens is 382 g/mol. The average molecular weight is 424 g/mol. The van der Waals surface area contributed by atoms with Crippen LogP contribution in [0, 0.1) is 5.41 Å². The van der Waals surface area contributed by atoms with Crippen LogP contribution in [-0.2, 0) is 6.54 Å². The van der Waals surface area contributed by atoms with Gasteiger partial charge in [0.2, 0.25) is 0 Å². The molecule has 0 amide bonds. The number of hydrogen-bond acceptors (Lipinski definition) is 7. The van der Waals surface area contributed by atoms with Gasteiger partial charge in [0, 0.05) is 39.3 Å². The minimum atomic E-state index is -0.578. The quantitative estimate of drug-likeness (QED) is 0.471. The van der Waals surface area contributed by atoms with Crippen molar-refractivity contribution in [1.29, 1.82) is 0 Å². The van der Waals surface area contributed by atoms with Crippen molar-refractivity contribution in [2.75, 3.05) is 60.5 Å². The molecule has 7 heteroatoms. The van der Waals surface area contributed by atoms with Gasteiger partial charge in [-0.15, -0.1) is 0 Å². The molecule has 0 radical (unpaired) electrons. The van der Waals surface area contributed by atoms with Crippen molar-refractivity contribution in [3.63, 3.8) is 0 Å². The smallest absolute Gasteiger partial charge is 0.161 e. The molecule has 7 nitrogen and oxygen atoms in total. The van der Waals surface area contributed by atoms with Crippen molar-refractivity contribution in [2.24, 2.45) is 5.41 Å². The number of benzene rings is 1. The van der Waals surface area contributed by atoms with Crippen molar-refractivity contribution in [1.82, 2.24) is 15.1 Å². The van der Waals surface area contributed by atoms with Gasteiger partial charge < -0.3 is 34.8 Å². The van der Waals surface area contributed by atoms with E-state index in [-0.39, 0.29) is 18.1 Å². The third-order valence-corrected chi connectivity index (χ3v) is 5.36. The summed E-state index contributed by atoms with van der Waals surface area (Å²) in [5, 5.41) is 23.4. The first-order valence-corrected chi connectivity index (χ1v) is 10.9. The fourth-order valence-electron chi connectivity index (χ4n) is 4.04. The Balaban J connectivity index is 1.80. The highest BCUT2D eigenvalue weighted by Gasteiger charge is 2.20. The number of piperidine rings is 1. The van der Waals surface area contributed by atoms with E-state index in [2.05, 4.69) is 43.1 Å². The predicted molar refractivity (Wildman–Crippen MR) is 120 cm³/mol. The second-order valence-corrected chi connectivity index (χ2v) is 9.49. The number of hydrogen-bond donors (Lipinski definition) is 3.